The van der Waals surface area contributed by atoms with E-state index >= 15 is 0 Å². The van der Waals surface area contributed by atoms with E-state index in [0.29, 0.717) is 0 Å². The molecule has 0 bridgehead atoms. The van der Waals surface area contributed by atoms with Gasteiger partial charge < -0.3 is 0 Å². The van der Waals surface area contributed by atoms with Crippen molar-refractivity contribution >= 4 is 0 Å². The van der Waals surface area contributed by atoms with Crippen molar-refractivity contribution in [1.29, 1.82) is 0 Å². The highest BCUT2D eigenvalue weighted by molar-refractivity contribution is 5.33. The van der Waals surface area contributed by atoms with Crippen LogP contribution in [0.1, 0.15) is 30.0 Å². The molecular formula is C11H15. The molecule has 0 aromatic heterocycles. The zero-order chi connectivity index (χ0) is 8.27. The summed E-state index contributed by atoms with van der Waals surface area (Å²) in [4.78, 5) is 0. The molecule has 0 heteroatoms. The van der Waals surface area contributed by atoms with E-state index < -0.39 is 0 Å². The zero-order valence-corrected chi connectivity index (χ0v) is 7.35. The fraction of sp³-hybridized carbons (Fsp3) is 0.364. The average molecular weight is 147 g/mol. The Balaban J connectivity index is 2.90. The third-order valence-corrected chi connectivity index (χ3v) is 1.88. The Morgan fingerprint density at radius 2 is 2.09 bits per heavy atom. The maximum absolute atomic E-state index is 4.00. The molecule has 0 aliphatic heterocycles. The molecule has 0 saturated carbocycles. The number of hydrogen-bond donors (Lipinski definition) is 0. The fourth-order valence-electron chi connectivity index (χ4n) is 1.27. The molecule has 0 nitrogen and oxygen atoms in total. The SMILES string of the molecule is [CH2]c1cc(C)ccc1CCC. The summed E-state index contributed by atoms with van der Waals surface area (Å²) in [5.74, 6) is 0. The van der Waals surface area contributed by atoms with Crippen molar-refractivity contribution < 1.29 is 0 Å². The van der Waals surface area contributed by atoms with Crippen LogP contribution in [-0.2, 0) is 6.42 Å². The number of benzene rings is 1. The van der Waals surface area contributed by atoms with Crippen LogP contribution in [0.15, 0.2) is 18.2 Å². The van der Waals surface area contributed by atoms with Gasteiger partial charge in [-0.25, -0.2) is 0 Å². The summed E-state index contributed by atoms with van der Waals surface area (Å²) in [6.07, 6.45) is 2.35. The Labute approximate surface area is 69.3 Å². The van der Waals surface area contributed by atoms with Gasteiger partial charge in [0.25, 0.3) is 0 Å². The molecule has 0 N–H and O–H groups in total. The lowest BCUT2D eigenvalue weighted by atomic mass is 10.0. The second-order valence-corrected chi connectivity index (χ2v) is 3.02. The van der Waals surface area contributed by atoms with Gasteiger partial charge in [-0.1, -0.05) is 37.1 Å². The lowest BCUT2D eigenvalue weighted by Gasteiger charge is -2.03. The first kappa shape index (κ1) is 8.32. The average Bonchev–Trinajstić information content (AvgIpc) is 1.95. The summed E-state index contributed by atoms with van der Waals surface area (Å²) >= 11 is 0. The lowest BCUT2D eigenvalue weighted by molar-refractivity contribution is 0.916. The Bertz CT molecular complexity index is 236. The van der Waals surface area contributed by atoms with Gasteiger partial charge in [0, 0.05) is 0 Å². The molecule has 0 unspecified atom stereocenters. The van der Waals surface area contributed by atoms with Crippen LogP contribution in [0.2, 0.25) is 0 Å². The maximum atomic E-state index is 4.00. The van der Waals surface area contributed by atoms with E-state index in [4.69, 9.17) is 0 Å². The van der Waals surface area contributed by atoms with Crippen molar-refractivity contribution in [3.05, 3.63) is 41.8 Å². The van der Waals surface area contributed by atoms with Crippen LogP contribution in [0.4, 0.5) is 0 Å². The van der Waals surface area contributed by atoms with Gasteiger partial charge in [0.05, 0.1) is 0 Å². The van der Waals surface area contributed by atoms with Crippen LogP contribution in [0.5, 0.6) is 0 Å². The van der Waals surface area contributed by atoms with E-state index in [1.54, 1.807) is 0 Å². The van der Waals surface area contributed by atoms with Crippen molar-refractivity contribution in [1.82, 2.24) is 0 Å². The van der Waals surface area contributed by atoms with Crippen molar-refractivity contribution in [2.45, 2.75) is 26.7 Å². The Hall–Kier alpha value is -0.780. The minimum Gasteiger partial charge on any atom is -0.0651 e. The van der Waals surface area contributed by atoms with Gasteiger partial charge in [-0.15, -0.1) is 0 Å². The highest BCUT2D eigenvalue weighted by atomic mass is 14.0. The van der Waals surface area contributed by atoms with Crippen LogP contribution in [0.25, 0.3) is 0 Å². The van der Waals surface area contributed by atoms with Crippen molar-refractivity contribution in [2.24, 2.45) is 0 Å². The molecule has 0 spiro atoms. The summed E-state index contributed by atoms with van der Waals surface area (Å²) in [5.41, 5.74) is 3.87. The number of aryl methyl sites for hydroxylation is 2. The van der Waals surface area contributed by atoms with Crippen molar-refractivity contribution in [3.63, 3.8) is 0 Å². The molecule has 0 amide bonds. The fourth-order valence-corrected chi connectivity index (χ4v) is 1.27. The van der Waals surface area contributed by atoms with Crippen LogP contribution in [0, 0.1) is 13.8 Å². The molecule has 1 rings (SSSR count). The molecule has 1 aromatic rings. The van der Waals surface area contributed by atoms with E-state index in [2.05, 4.69) is 39.0 Å². The molecule has 59 valence electrons. The van der Waals surface area contributed by atoms with Crippen LogP contribution >= 0.6 is 0 Å². The van der Waals surface area contributed by atoms with Gasteiger partial charge in [-0.3, -0.25) is 0 Å². The Morgan fingerprint density at radius 1 is 1.36 bits per heavy atom. The van der Waals surface area contributed by atoms with E-state index in [1.807, 2.05) is 0 Å². The van der Waals surface area contributed by atoms with Gasteiger partial charge in [-0.2, -0.15) is 0 Å². The predicted molar refractivity (Wildman–Crippen MR) is 49.6 cm³/mol. The first-order valence-corrected chi connectivity index (χ1v) is 4.15. The predicted octanol–water partition coefficient (Wildman–Crippen LogP) is 3.13. The maximum Gasteiger partial charge on any atom is -0.0235 e. The van der Waals surface area contributed by atoms with Crippen LogP contribution in [0.3, 0.4) is 0 Å². The first-order chi connectivity index (χ1) is 5.24. The van der Waals surface area contributed by atoms with E-state index in [0.717, 1.165) is 6.42 Å². The third-order valence-electron chi connectivity index (χ3n) is 1.88. The standard InChI is InChI=1S/C11H15/c1-4-5-11-7-6-9(2)8-10(11)3/h6-8H,3-5H2,1-2H3. The summed E-state index contributed by atoms with van der Waals surface area (Å²) < 4.78 is 0. The summed E-state index contributed by atoms with van der Waals surface area (Å²) in [6, 6.07) is 6.48. The van der Waals surface area contributed by atoms with Gasteiger partial charge in [0.1, 0.15) is 0 Å². The van der Waals surface area contributed by atoms with Crippen LogP contribution < -0.4 is 0 Å². The highest BCUT2D eigenvalue weighted by Gasteiger charge is 1.95. The molecule has 11 heavy (non-hydrogen) atoms. The van der Waals surface area contributed by atoms with Crippen molar-refractivity contribution in [2.75, 3.05) is 0 Å². The summed E-state index contributed by atoms with van der Waals surface area (Å²) in [7, 11) is 0. The Morgan fingerprint density at radius 3 is 2.64 bits per heavy atom. The monoisotopic (exact) mass is 147 g/mol. The van der Waals surface area contributed by atoms with E-state index in [-0.39, 0.29) is 0 Å². The third kappa shape index (κ3) is 2.07. The van der Waals surface area contributed by atoms with Gasteiger partial charge in [-0.05, 0) is 31.4 Å². The molecule has 0 heterocycles. The molecule has 0 aliphatic carbocycles. The molecule has 0 saturated heterocycles. The molecule has 0 fully saturated rings. The van der Waals surface area contributed by atoms with Gasteiger partial charge >= 0.3 is 0 Å². The van der Waals surface area contributed by atoms with Gasteiger partial charge in [0.15, 0.2) is 0 Å². The quantitative estimate of drug-likeness (QED) is 0.603. The minimum atomic E-state index is 1.15. The second-order valence-electron chi connectivity index (χ2n) is 3.02. The highest BCUT2D eigenvalue weighted by Crippen LogP contribution is 2.11. The normalized spacial score (nSPS) is 10.1. The Kier molecular flexibility index (Phi) is 2.70. The lowest BCUT2D eigenvalue weighted by Crippen LogP contribution is -1.88. The molecular weight excluding hydrogens is 132 g/mol. The zero-order valence-electron chi connectivity index (χ0n) is 7.35. The van der Waals surface area contributed by atoms with Crippen molar-refractivity contribution in [3.8, 4) is 0 Å². The largest absolute Gasteiger partial charge is 0.0651 e. The molecule has 1 aromatic carbocycles. The molecule has 1 radical (unpaired) electrons. The van der Waals surface area contributed by atoms with E-state index in [1.165, 1.54) is 23.1 Å². The first-order valence-electron chi connectivity index (χ1n) is 4.15. The van der Waals surface area contributed by atoms with Gasteiger partial charge in [0.2, 0.25) is 0 Å². The summed E-state index contributed by atoms with van der Waals surface area (Å²) in [5, 5.41) is 0. The second kappa shape index (κ2) is 3.56. The molecule has 0 aliphatic rings. The summed E-state index contributed by atoms with van der Waals surface area (Å²) in [6.45, 7) is 8.30. The minimum absolute atomic E-state index is 1.15. The smallest absolute Gasteiger partial charge is 0.0235 e. The molecule has 0 atom stereocenters. The number of hydrogen-bond acceptors (Lipinski definition) is 0. The van der Waals surface area contributed by atoms with E-state index in [9.17, 15) is 0 Å². The van der Waals surface area contributed by atoms with Crippen LogP contribution in [-0.4, -0.2) is 0 Å². The number of rotatable bonds is 2. The topological polar surface area (TPSA) is 0 Å².